The third-order valence-electron chi connectivity index (χ3n) is 8.34. The second-order valence-corrected chi connectivity index (χ2v) is 9.55. The highest BCUT2D eigenvalue weighted by Crippen LogP contribution is 2.64. The van der Waals surface area contributed by atoms with Gasteiger partial charge in [-0.05, 0) is 105 Å². The van der Waals surface area contributed by atoms with Crippen LogP contribution in [0.3, 0.4) is 0 Å². The summed E-state index contributed by atoms with van der Waals surface area (Å²) < 4.78 is 5.39. The van der Waals surface area contributed by atoms with Gasteiger partial charge in [0.2, 0.25) is 0 Å². The van der Waals surface area contributed by atoms with Crippen LogP contribution in [0.25, 0.3) is 0 Å². The maximum Gasteiger partial charge on any atom is 0.0822 e. The molecule has 2 nitrogen and oxygen atoms in total. The van der Waals surface area contributed by atoms with Crippen LogP contribution in [0.5, 0.6) is 0 Å². The van der Waals surface area contributed by atoms with Crippen molar-refractivity contribution in [2.24, 2.45) is 35.0 Å². The van der Waals surface area contributed by atoms with Gasteiger partial charge in [0, 0.05) is 0 Å². The van der Waals surface area contributed by atoms with Gasteiger partial charge in [0.25, 0.3) is 0 Å². The van der Waals surface area contributed by atoms with Gasteiger partial charge in [-0.1, -0.05) is 6.92 Å². The molecular formula is C21H34O2. The molecule has 0 saturated heterocycles. The molecule has 0 aromatic rings. The summed E-state index contributed by atoms with van der Waals surface area (Å²) in [5, 5.41) is 10.5. The van der Waals surface area contributed by atoms with E-state index >= 15 is 0 Å². The fourth-order valence-corrected chi connectivity index (χ4v) is 7.27. The molecule has 4 rings (SSSR count). The molecule has 0 aromatic carbocycles. The summed E-state index contributed by atoms with van der Waals surface area (Å²) >= 11 is 0. The highest BCUT2D eigenvalue weighted by Gasteiger charge is 2.56. The lowest BCUT2D eigenvalue weighted by atomic mass is 9.49. The Morgan fingerprint density at radius 1 is 1.00 bits per heavy atom. The quantitative estimate of drug-likeness (QED) is 0.695. The fraction of sp³-hybridized carbons (Fsp3) is 0.905. The van der Waals surface area contributed by atoms with Crippen molar-refractivity contribution in [2.75, 3.05) is 7.11 Å². The topological polar surface area (TPSA) is 29.5 Å². The fourth-order valence-electron chi connectivity index (χ4n) is 7.27. The summed E-state index contributed by atoms with van der Waals surface area (Å²) in [6.07, 6.45) is 13.6. The maximum atomic E-state index is 10.5. The van der Waals surface area contributed by atoms with Crippen molar-refractivity contribution in [3.05, 3.63) is 11.8 Å². The van der Waals surface area contributed by atoms with Crippen molar-refractivity contribution in [3.8, 4) is 0 Å². The maximum absolute atomic E-state index is 10.5. The number of allylic oxidation sites excluding steroid dienone is 1. The Morgan fingerprint density at radius 3 is 2.57 bits per heavy atom. The minimum Gasteiger partial charge on any atom is -0.504 e. The molecule has 1 N–H and O–H groups in total. The van der Waals surface area contributed by atoms with Gasteiger partial charge >= 0.3 is 0 Å². The Kier molecular flexibility index (Phi) is 3.83. The van der Waals surface area contributed by atoms with Crippen LogP contribution in [0.15, 0.2) is 11.8 Å². The number of rotatable bonds is 1. The predicted molar refractivity (Wildman–Crippen MR) is 92.8 cm³/mol. The van der Waals surface area contributed by atoms with Crippen molar-refractivity contribution in [1.82, 2.24) is 0 Å². The van der Waals surface area contributed by atoms with Crippen molar-refractivity contribution >= 4 is 0 Å². The molecule has 0 aromatic heterocycles. The molecule has 0 bridgehead atoms. The second-order valence-electron chi connectivity index (χ2n) is 9.55. The molecule has 0 radical (unpaired) electrons. The van der Waals surface area contributed by atoms with E-state index in [4.69, 9.17) is 4.74 Å². The summed E-state index contributed by atoms with van der Waals surface area (Å²) in [5.74, 6) is 4.44. The molecule has 4 aliphatic carbocycles. The van der Waals surface area contributed by atoms with E-state index in [0.717, 1.165) is 42.4 Å². The summed E-state index contributed by atoms with van der Waals surface area (Å²) in [7, 11) is 1.80. The van der Waals surface area contributed by atoms with E-state index < -0.39 is 0 Å². The molecule has 0 amide bonds. The first kappa shape index (κ1) is 16.0. The van der Waals surface area contributed by atoms with Crippen molar-refractivity contribution in [2.45, 2.75) is 77.2 Å². The zero-order chi connectivity index (χ0) is 16.2. The van der Waals surface area contributed by atoms with Gasteiger partial charge in [-0.3, -0.25) is 0 Å². The van der Waals surface area contributed by atoms with Crippen LogP contribution >= 0.6 is 0 Å². The average molecular weight is 319 g/mol. The Balaban J connectivity index is 1.56. The van der Waals surface area contributed by atoms with Crippen LogP contribution in [0.4, 0.5) is 0 Å². The Labute approximate surface area is 141 Å². The number of ether oxygens (including phenoxy) is 1. The van der Waals surface area contributed by atoms with Gasteiger partial charge < -0.3 is 9.84 Å². The molecule has 130 valence electrons. The largest absolute Gasteiger partial charge is 0.504 e. The molecule has 4 fully saturated rings. The molecule has 0 spiro atoms. The van der Waals surface area contributed by atoms with Crippen molar-refractivity contribution in [1.29, 1.82) is 0 Å². The highest BCUT2D eigenvalue weighted by atomic mass is 16.5. The van der Waals surface area contributed by atoms with E-state index in [0.29, 0.717) is 5.41 Å². The van der Waals surface area contributed by atoms with Gasteiger partial charge in [0.1, 0.15) is 0 Å². The summed E-state index contributed by atoms with van der Waals surface area (Å²) in [6, 6.07) is 0. The van der Waals surface area contributed by atoms with Gasteiger partial charge in [0.05, 0.1) is 19.0 Å². The highest BCUT2D eigenvalue weighted by molar-refractivity contribution is 5.22. The molecular weight excluding hydrogens is 284 g/mol. The third-order valence-corrected chi connectivity index (χ3v) is 8.34. The second kappa shape index (κ2) is 5.51. The number of fused-ring (bicyclic) bond motifs is 5. The van der Waals surface area contributed by atoms with E-state index in [-0.39, 0.29) is 5.60 Å². The number of hydrogen-bond acceptors (Lipinski definition) is 2. The zero-order valence-corrected chi connectivity index (χ0v) is 15.2. The molecule has 23 heavy (non-hydrogen) atoms. The first-order valence-electron chi connectivity index (χ1n) is 9.89. The van der Waals surface area contributed by atoms with E-state index in [9.17, 15) is 5.11 Å². The summed E-state index contributed by atoms with van der Waals surface area (Å²) in [5.41, 5.74) is 1.60. The van der Waals surface area contributed by atoms with E-state index in [2.05, 4.69) is 20.1 Å². The van der Waals surface area contributed by atoms with E-state index in [1.165, 1.54) is 44.9 Å². The van der Waals surface area contributed by atoms with Crippen LogP contribution in [0, 0.1) is 35.0 Å². The molecule has 7 atom stereocenters. The molecule has 0 heterocycles. The molecule has 0 unspecified atom stereocenters. The molecule has 0 aliphatic heterocycles. The van der Waals surface area contributed by atoms with Gasteiger partial charge in [0.15, 0.2) is 0 Å². The van der Waals surface area contributed by atoms with Crippen LogP contribution in [0.2, 0.25) is 0 Å². The minimum atomic E-state index is -0.390. The smallest absolute Gasteiger partial charge is 0.0822 e. The lowest BCUT2D eigenvalue weighted by molar-refractivity contribution is -0.0901. The number of methoxy groups -OCH3 is 1. The number of aliphatic hydroxyl groups is 1. The van der Waals surface area contributed by atoms with Crippen LogP contribution in [-0.4, -0.2) is 17.8 Å². The van der Waals surface area contributed by atoms with Gasteiger partial charge in [-0.2, -0.15) is 0 Å². The van der Waals surface area contributed by atoms with Crippen molar-refractivity contribution < 1.29 is 9.84 Å². The SMILES string of the molecule is CO/C=C1\CC[C@H]2[C@@H]3CC[C@@H]4C[C@](C)(O)CC[C@@H]4[C@H]3CC[C@]12C. The van der Waals surface area contributed by atoms with Crippen LogP contribution < -0.4 is 0 Å². The minimum absolute atomic E-state index is 0.390. The monoisotopic (exact) mass is 318 g/mol. The average Bonchev–Trinajstić information content (AvgIpc) is 2.83. The first-order valence-corrected chi connectivity index (χ1v) is 9.89. The summed E-state index contributed by atoms with van der Waals surface area (Å²) in [6.45, 7) is 4.58. The van der Waals surface area contributed by atoms with E-state index in [1.807, 2.05) is 0 Å². The first-order chi connectivity index (χ1) is 10.9. The number of hydrogen-bond donors (Lipinski definition) is 1. The zero-order valence-electron chi connectivity index (χ0n) is 15.2. The van der Waals surface area contributed by atoms with Gasteiger partial charge in [-0.25, -0.2) is 0 Å². The van der Waals surface area contributed by atoms with Gasteiger partial charge in [-0.15, -0.1) is 0 Å². The van der Waals surface area contributed by atoms with Crippen molar-refractivity contribution in [3.63, 3.8) is 0 Å². The Hall–Kier alpha value is -0.500. The molecule has 4 saturated carbocycles. The molecule has 4 aliphatic rings. The predicted octanol–water partition coefficient (Wildman–Crippen LogP) is 4.92. The normalized spacial score (nSPS) is 54.3. The van der Waals surface area contributed by atoms with Crippen LogP contribution in [0.1, 0.15) is 71.6 Å². The third kappa shape index (κ3) is 2.47. The van der Waals surface area contributed by atoms with E-state index in [1.54, 1.807) is 12.7 Å². The standard InChI is InChI=1S/C21H34O2/c1-20(22)10-8-16-14(12-20)4-6-18-17(16)9-11-21(2)15(13-23-3)5-7-19(18)21/h13-14,16-19,22H,4-12H2,1-3H3/b15-13+/t14-,16+,17-,18-,19+,20-,21-/m1/s1. The Bertz CT molecular complexity index is 494. The summed E-state index contributed by atoms with van der Waals surface area (Å²) in [4.78, 5) is 0. The van der Waals surface area contributed by atoms with Crippen LogP contribution in [-0.2, 0) is 4.74 Å². The lowest BCUT2D eigenvalue weighted by Crippen LogP contribution is -2.49. The Morgan fingerprint density at radius 2 is 1.78 bits per heavy atom. The lowest BCUT2D eigenvalue weighted by Gasteiger charge is -2.56. The molecule has 2 heteroatoms.